The topological polar surface area (TPSA) is 20.9 Å². The van der Waals surface area contributed by atoms with E-state index in [0.717, 1.165) is 20.9 Å². The minimum atomic E-state index is 0. The maximum atomic E-state index is 12.5. The van der Waals surface area contributed by atoms with E-state index < -0.39 is 0 Å². The van der Waals surface area contributed by atoms with Crippen molar-refractivity contribution in [1.29, 1.82) is 0 Å². The molecule has 0 atom stereocenters. The number of fused-ring (bicyclic) bond motifs is 1. The molecule has 0 amide bonds. The van der Waals surface area contributed by atoms with E-state index >= 15 is 0 Å². The number of Topliss-reactive ketones (excluding diaryl/α,β-unsaturated/α-hetero) is 1. The van der Waals surface area contributed by atoms with Crippen LogP contribution in [0.3, 0.4) is 0 Å². The summed E-state index contributed by atoms with van der Waals surface area (Å²) in [6, 6.07) is 19.6. The number of carbonyl (C=O) groups excluding carboxylic acids is 1. The SMILES string of the molecule is O=C(C[n+]1ccccc1Br)c1cccc2ccccc12.[Br-]. The number of benzene rings is 2. The van der Waals surface area contributed by atoms with Crippen molar-refractivity contribution < 1.29 is 26.3 Å². The molecule has 1 aromatic heterocycles. The molecule has 3 aromatic rings. The molecule has 0 aliphatic heterocycles. The van der Waals surface area contributed by atoms with Gasteiger partial charge >= 0.3 is 0 Å². The van der Waals surface area contributed by atoms with Gasteiger partial charge in [-0.1, -0.05) is 42.5 Å². The van der Waals surface area contributed by atoms with Gasteiger partial charge in [0.05, 0.1) is 0 Å². The summed E-state index contributed by atoms with van der Waals surface area (Å²) in [6.45, 7) is 0.329. The molecule has 0 saturated carbocycles. The van der Waals surface area contributed by atoms with Gasteiger partial charge in [-0.25, -0.2) is 0 Å². The number of carbonyl (C=O) groups is 1. The molecule has 2 aromatic carbocycles. The molecule has 0 N–H and O–H groups in total. The summed E-state index contributed by atoms with van der Waals surface area (Å²) in [5.41, 5.74) is 0.770. The fourth-order valence-corrected chi connectivity index (χ4v) is 2.69. The van der Waals surface area contributed by atoms with Crippen molar-refractivity contribution in [2.75, 3.05) is 0 Å². The number of aromatic nitrogens is 1. The molecule has 0 aliphatic carbocycles. The van der Waals surface area contributed by atoms with Gasteiger partial charge in [-0.05, 0) is 16.8 Å². The van der Waals surface area contributed by atoms with Crippen molar-refractivity contribution in [3.8, 4) is 0 Å². The third kappa shape index (κ3) is 3.39. The third-order valence-corrected chi connectivity index (χ3v) is 4.01. The molecule has 0 radical (unpaired) electrons. The van der Waals surface area contributed by atoms with E-state index in [-0.39, 0.29) is 22.8 Å². The van der Waals surface area contributed by atoms with Crippen LogP contribution in [0.5, 0.6) is 0 Å². The van der Waals surface area contributed by atoms with Crippen molar-refractivity contribution in [3.05, 3.63) is 77.0 Å². The van der Waals surface area contributed by atoms with Crippen LogP contribution in [0.4, 0.5) is 0 Å². The Labute approximate surface area is 142 Å². The lowest BCUT2D eigenvalue weighted by molar-refractivity contribution is -0.694. The van der Waals surface area contributed by atoms with Crippen LogP contribution in [0.15, 0.2) is 71.5 Å². The van der Waals surface area contributed by atoms with E-state index in [1.165, 1.54) is 0 Å². The second kappa shape index (κ2) is 6.96. The maximum absolute atomic E-state index is 12.5. The van der Waals surface area contributed by atoms with E-state index in [9.17, 15) is 4.79 Å². The highest BCUT2D eigenvalue weighted by Crippen LogP contribution is 2.19. The normalized spacial score (nSPS) is 10.1. The van der Waals surface area contributed by atoms with Crippen LogP contribution < -0.4 is 21.5 Å². The Balaban J connectivity index is 0.00000161. The zero-order chi connectivity index (χ0) is 13.9. The van der Waals surface area contributed by atoms with Gasteiger partial charge in [-0.15, -0.1) is 0 Å². The number of nitrogens with zero attached hydrogens (tertiary/aromatic N) is 1. The highest BCUT2D eigenvalue weighted by molar-refractivity contribution is 9.10. The molecule has 0 unspecified atom stereocenters. The van der Waals surface area contributed by atoms with Gasteiger partial charge in [0.1, 0.15) is 0 Å². The summed E-state index contributed by atoms with van der Waals surface area (Å²) in [7, 11) is 0. The van der Waals surface area contributed by atoms with E-state index in [0.29, 0.717) is 6.54 Å². The van der Waals surface area contributed by atoms with Gasteiger partial charge < -0.3 is 17.0 Å². The molecule has 0 fully saturated rings. The zero-order valence-corrected chi connectivity index (χ0v) is 14.3. The molecular weight excluding hydrogens is 394 g/mol. The van der Waals surface area contributed by atoms with Crippen LogP contribution in [0.25, 0.3) is 10.8 Å². The Kier molecular flexibility index (Phi) is 5.26. The minimum absolute atomic E-state index is 0. The Morgan fingerprint density at radius 1 is 0.952 bits per heavy atom. The van der Waals surface area contributed by atoms with Crippen molar-refractivity contribution >= 4 is 32.5 Å². The number of pyridine rings is 1. The number of ketones is 1. The van der Waals surface area contributed by atoms with Crippen molar-refractivity contribution in [3.63, 3.8) is 0 Å². The highest BCUT2D eigenvalue weighted by atomic mass is 79.9. The number of hydrogen-bond acceptors (Lipinski definition) is 1. The molecule has 106 valence electrons. The van der Waals surface area contributed by atoms with E-state index in [2.05, 4.69) is 15.9 Å². The molecule has 4 heteroatoms. The molecule has 2 nitrogen and oxygen atoms in total. The lowest BCUT2D eigenvalue weighted by atomic mass is 10.0. The van der Waals surface area contributed by atoms with E-state index in [1.54, 1.807) is 0 Å². The van der Waals surface area contributed by atoms with Crippen molar-refractivity contribution in [2.24, 2.45) is 0 Å². The molecule has 0 bridgehead atoms. The number of hydrogen-bond donors (Lipinski definition) is 0. The molecule has 0 aliphatic rings. The summed E-state index contributed by atoms with van der Waals surface area (Å²) in [5, 5.41) is 2.10. The second-order valence-corrected chi connectivity index (χ2v) is 5.41. The summed E-state index contributed by atoms with van der Waals surface area (Å²) < 4.78 is 2.79. The van der Waals surface area contributed by atoms with Gasteiger partial charge in [-0.2, -0.15) is 4.57 Å². The van der Waals surface area contributed by atoms with Gasteiger partial charge in [0.15, 0.2) is 6.20 Å². The van der Waals surface area contributed by atoms with Crippen molar-refractivity contribution in [1.82, 2.24) is 0 Å². The summed E-state index contributed by atoms with van der Waals surface area (Å²) in [6.07, 6.45) is 1.90. The third-order valence-electron chi connectivity index (χ3n) is 3.29. The van der Waals surface area contributed by atoms with E-state index in [1.807, 2.05) is 71.4 Å². The molecular formula is C17H13Br2NO. The Bertz CT molecular complexity index is 781. The van der Waals surface area contributed by atoms with Gasteiger partial charge in [0.25, 0.3) is 0 Å². The molecule has 21 heavy (non-hydrogen) atoms. The lowest BCUT2D eigenvalue weighted by Gasteiger charge is -2.04. The van der Waals surface area contributed by atoms with Crippen molar-refractivity contribution in [2.45, 2.75) is 6.54 Å². The molecule has 1 heterocycles. The predicted molar refractivity (Wildman–Crippen MR) is 82.6 cm³/mol. The largest absolute Gasteiger partial charge is 1.00 e. The first kappa shape index (κ1) is 15.9. The predicted octanol–water partition coefficient (Wildman–Crippen LogP) is 0.777. The fourth-order valence-electron chi connectivity index (χ4n) is 2.29. The second-order valence-electron chi connectivity index (χ2n) is 4.60. The lowest BCUT2D eigenvalue weighted by Crippen LogP contribution is -3.00. The summed E-state index contributed by atoms with van der Waals surface area (Å²) in [4.78, 5) is 12.5. The first-order valence-electron chi connectivity index (χ1n) is 6.40. The van der Waals surface area contributed by atoms with Gasteiger partial charge in [-0.3, -0.25) is 4.79 Å². The van der Waals surface area contributed by atoms with E-state index in [4.69, 9.17) is 0 Å². The van der Waals surface area contributed by atoms with Gasteiger partial charge in [0.2, 0.25) is 16.9 Å². The Morgan fingerprint density at radius 3 is 2.48 bits per heavy atom. The average molecular weight is 407 g/mol. The van der Waals surface area contributed by atoms with Crippen LogP contribution >= 0.6 is 15.9 Å². The minimum Gasteiger partial charge on any atom is -1.00 e. The van der Waals surface area contributed by atoms with Crippen LogP contribution in [-0.4, -0.2) is 5.78 Å². The molecule has 0 saturated heterocycles. The first-order chi connectivity index (χ1) is 9.75. The summed E-state index contributed by atoms with van der Waals surface area (Å²) >= 11 is 3.46. The quantitative estimate of drug-likeness (QED) is 0.357. The smallest absolute Gasteiger partial charge is 0.248 e. The van der Waals surface area contributed by atoms with Crippen LogP contribution in [0.2, 0.25) is 0 Å². The molecule has 0 spiro atoms. The Morgan fingerprint density at radius 2 is 1.67 bits per heavy atom. The fraction of sp³-hybridized carbons (Fsp3) is 0.0588. The van der Waals surface area contributed by atoms with Gasteiger partial charge in [0, 0.05) is 33.6 Å². The highest BCUT2D eigenvalue weighted by Gasteiger charge is 2.16. The number of halogens is 2. The Hall–Kier alpha value is -1.52. The zero-order valence-electron chi connectivity index (χ0n) is 11.2. The maximum Gasteiger partial charge on any atom is 0.248 e. The first-order valence-corrected chi connectivity index (χ1v) is 7.20. The van der Waals surface area contributed by atoms with Crippen LogP contribution in [0, 0.1) is 0 Å². The van der Waals surface area contributed by atoms with Crippen LogP contribution in [0.1, 0.15) is 10.4 Å². The standard InChI is InChI=1S/C17H13BrNO.BrH/c18-17-10-3-4-11-19(17)12-16(20)15-9-5-7-13-6-1-2-8-14(13)15;/h1-11H,12H2;1H/q+1;/p-1. The summed E-state index contributed by atoms with van der Waals surface area (Å²) in [5.74, 6) is 0.110. The average Bonchev–Trinajstić information content (AvgIpc) is 2.49. The molecule has 3 rings (SSSR count). The number of rotatable bonds is 3. The van der Waals surface area contributed by atoms with Crippen LogP contribution in [-0.2, 0) is 6.54 Å². The monoisotopic (exact) mass is 405 g/mol.